The highest BCUT2D eigenvalue weighted by Crippen LogP contribution is 2.09. The Morgan fingerprint density at radius 1 is 1.31 bits per heavy atom. The summed E-state index contributed by atoms with van der Waals surface area (Å²) in [5.74, 6) is 0. The molecule has 1 saturated heterocycles. The van der Waals surface area contributed by atoms with Crippen LogP contribution >= 0.6 is 0 Å². The van der Waals surface area contributed by atoms with Crippen molar-refractivity contribution in [3.05, 3.63) is 0 Å². The van der Waals surface area contributed by atoms with Gasteiger partial charge in [-0.05, 0) is 12.8 Å². The van der Waals surface area contributed by atoms with Crippen LogP contribution in [0.15, 0.2) is 0 Å². The predicted octanol–water partition coefficient (Wildman–Crippen LogP) is 1.18. The van der Waals surface area contributed by atoms with Crippen molar-refractivity contribution in [2.45, 2.75) is 25.7 Å². The van der Waals surface area contributed by atoms with Crippen LogP contribution in [-0.4, -0.2) is 37.9 Å². The van der Waals surface area contributed by atoms with Crippen LogP contribution in [0.5, 0.6) is 0 Å². The van der Waals surface area contributed by atoms with Gasteiger partial charge in [0.15, 0.2) is 0 Å². The molecular weight excluding hydrogens is 168 g/mol. The van der Waals surface area contributed by atoms with E-state index in [2.05, 4.69) is 5.32 Å². The van der Waals surface area contributed by atoms with E-state index in [0.717, 1.165) is 25.9 Å². The van der Waals surface area contributed by atoms with E-state index in [4.69, 9.17) is 4.74 Å². The number of carbonyl (C=O) groups is 1. The number of nitrogens with zero attached hydrogens (tertiary/aromatic N) is 1. The van der Waals surface area contributed by atoms with Crippen LogP contribution in [0.1, 0.15) is 25.7 Å². The lowest BCUT2D eigenvalue weighted by Gasteiger charge is -2.20. The smallest absolute Gasteiger partial charge is 0.319 e. The Labute approximate surface area is 79.2 Å². The van der Waals surface area contributed by atoms with Gasteiger partial charge in [0.2, 0.25) is 0 Å². The highest BCUT2D eigenvalue weighted by molar-refractivity contribution is 5.73. The number of rotatable bonds is 2. The van der Waals surface area contributed by atoms with E-state index in [1.165, 1.54) is 12.8 Å². The molecule has 1 N–H and O–H groups in total. The zero-order valence-electron chi connectivity index (χ0n) is 8.21. The Bertz CT molecular complexity index is 154. The second-order valence-electron chi connectivity index (χ2n) is 3.32. The van der Waals surface area contributed by atoms with Crippen LogP contribution in [0.2, 0.25) is 0 Å². The molecule has 0 saturated carbocycles. The second kappa shape index (κ2) is 5.80. The molecule has 0 aromatic heterocycles. The van der Waals surface area contributed by atoms with E-state index >= 15 is 0 Å². The highest BCUT2D eigenvalue weighted by Gasteiger charge is 2.13. The molecule has 2 amide bonds. The van der Waals surface area contributed by atoms with Crippen molar-refractivity contribution >= 4 is 6.03 Å². The van der Waals surface area contributed by atoms with Gasteiger partial charge in [-0.2, -0.15) is 0 Å². The Morgan fingerprint density at radius 3 is 2.46 bits per heavy atom. The fraction of sp³-hybridized carbons (Fsp3) is 0.889. The van der Waals surface area contributed by atoms with Crippen molar-refractivity contribution in [1.29, 1.82) is 0 Å². The second-order valence-corrected chi connectivity index (χ2v) is 3.32. The zero-order valence-corrected chi connectivity index (χ0v) is 8.21. The molecule has 1 fully saturated rings. The van der Waals surface area contributed by atoms with Crippen LogP contribution in [0, 0.1) is 0 Å². The first-order chi connectivity index (χ1) is 6.34. The van der Waals surface area contributed by atoms with Gasteiger partial charge in [-0.1, -0.05) is 12.8 Å². The van der Waals surface area contributed by atoms with Crippen molar-refractivity contribution < 1.29 is 9.53 Å². The van der Waals surface area contributed by atoms with Gasteiger partial charge in [-0.25, -0.2) is 4.79 Å². The van der Waals surface area contributed by atoms with Crippen LogP contribution in [0.4, 0.5) is 4.79 Å². The van der Waals surface area contributed by atoms with Crippen LogP contribution in [0.25, 0.3) is 0 Å². The SMILES string of the molecule is COCNC(=O)N1CCCCCC1. The first-order valence-corrected chi connectivity index (χ1v) is 4.86. The minimum absolute atomic E-state index is 0.00347. The van der Waals surface area contributed by atoms with E-state index < -0.39 is 0 Å². The topological polar surface area (TPSA) is 41.6 Å². The molecule has 76 valence electrons. The molecule has 0 unspecified atom stereocenters. The maximum absolute atomic E-state index is 11.4. The lowest BCUT2D eigenvalue weighted by atomic mass is 10.2. The number of urea groups is 1. The number of hydrogen-bond acceptors (Lipinski definition) is 2. The van der Waals surface area contributed by atoms with E-state index in [-0.39, 0.29) is 6.03 Å². The number of amides is 2. The molecule has 13 heavy (non-hydrogen) atoms. The number of methoxy groups -OCH3 is 1. The average molecular weight is 186 g/mol. The van der Waals surface area contributed by atoms with Gasteiger partial charge in [0.1, 0.15) is 6.73 Å². The summed E-state index contributed by atoms with van der Waals surface area (Å²) in [5.41, 5.74) is 0. The summed E-state index contributed by atoms with van der Waals surface area (Å²) in [5, 5.41) is 2.69. The Balaban J connectivity index is 2.26. The lowest BCUT2D eigenvalue weighted by molar-refractivity contribution is 0.154. The van der Waals surface area contributed by atoms with Crippen molar-refractivity contribution in [1.82, 2.24) is 10.2 Å². The van der Waals surface area contributed by atoms with Crippen molar-refractivity contribution in [2.24, 2.45) is 0 Å². The molecule has 0 radical (unpaired) electrons. The molecule has 0 atom stereocenters. The van der Waals surface area contributed by atoms with Crippen LogP contribution in [-0.2, 0) is 4.74 Å². The minimum atomic E-state index is 0.00347. The molecule has 0 aliphatic carbocycles. The lowest BCUT2D eigenvalue weighted by Crippen LogP contribution is -2.41. The van der Waals surface area contributed by atoms with E-state index in [1.807, 2.05) is 4.90 Å². The third kappa shape index (κ3) is 3.63. The normalized spacial score (nSPS) is 18.1. The quantitative estimate of drug-likeness (QED) is 0.658. The first-order valence-electron chi connectivity index (χ1n) is 4.86. The monoisotopic (exact) mass is 186 g/mol. The zero-order chi connectivity index (χ0) is 9.52. The van der Waals surface area contributed by atoms with Gasteiger partial charge in [0, 0.05) is 20.2 Å². The summed E-state index contributed by atoms with van der Waals surface area (Å²) in [6, 6.07) is 0.00347. The molecule has 0 aromatic carbocycles. The average Bonchev–Trinajstić information content (AvgIpc) is 2.42. The van der Waals surface area contributed by atoms with Gasteiger partial charge in [-0.3, -0.25) is 0 Å². The van der Waals surface area contributed by atoms with Crippen LogP contribution in [0.3, 0.4) is 0 Å². The number of nitrogens with one attached hydrogen (secondary N) is 1. The minimum Gasteiger partial charge on any atom is -0.364 e. The fourth-order valence-electron chi connectivity index (χ4n) is 1.52. The van der Waals surface area contributed by atoms with Gasteiger partial charge >= 0.3 is 6.03 Å². The van der Waals surface area contributed by atoms with Gasteiger partial charge < -0.3 is 15.0 Å². The maximum Gasteiger partial charge on any atom is 0.319 e. The molecule has 1 aliphatic heterocycles. The molecule has 4 nitrogen and oxygen atoms in total. The molecule has 1 aliphatic rings. The third-order valence-electron chi connectivity index (χ3n) is 2.26. The van der Waals surface area contributed by atoms with E-state index in [9.17, 15) is 4.79 Å². The molecule has 0 bridgehead atoms. The van der Waals surface area contributed by atoms with Gasteiger partial charge in [-0.15, -0.1) is 0 Å². The number of hydrogen-bond donors (Lipinski definition) is 1. The summed E-state index contributed by atoms with van der Waals surface area (Å²) >= 11 is 0. The summed E-state index contributed by atoms with van der Waals surface area (Å²) in [6.45, 7) is 2.07. The maximum atomic E-state index is 11.4. The Kier molecular flexibility index (Phi) is 4.60. The molecule has 4 heteroatoms. The highest BCUT2D eigenvalue weighted by atomic mass is 16.5. The Hall–Kier alpha value is -0.770. The molecule has 1 heterocycles. The Morgan fingerprint density at radius 2 is 1.92 bits per heavy atom. The fourth-order valence-corrected chi connectivity index (χ4v) is 1.52. The summed E-state index contributed by atoms with van der Waals surface area (Å²) < 4.78 is 4.78. The third-order valence-corrected chi connectivity index (χ3v) is 2.26. The first kappa shape index (κ1) is 10.3. The number of carbonyl (C=O) groups excluding carboxylic acids is 1. The molecular formula is C9H18N2O2. The number of ether oxygens (including phenoxy) is 1. The van der Waals surface area contributed by atoms with Crippen molar-refractivity contribution in [3.8, 4) is 0 Å². The van der Waals surface area contributed by atoms with Crippen molar-refractivity contribution in [3.63, 3.8) is 0 Å². The van der Waals surface area contributed by atoms with E-state index in [0.29, 0.717) is 6.73 Å². The molecule has 0 aromatic rings. The van der Waals surface area contributed by atoms with Crippen molar-refractivity contribution in [2.75, 3.05) is 26.9 Å². The predicted molar refractivity (Wildman–Crippen MR) is 50.4 cm³/mol. The number of likely N-dealkylation sites (tertiary alicyclic amines) is 1. The standard InChI is InChI=1S/C9H18N2O2/c1-13-8-10-9(12)11-6-4-2-3-5-7-11/h2-8H2,1H3,(H,10,12). The summed E-state index contributed by atoms with van der Waals surface area (Å²) in [6.07, 6.45) is 4.74. The molecule has 1 rings (SSSR count). The van der Waals surface area contributed by atoms with Gasteiger partial charge in [0.25, 0.3) is 0 Å². The van der Waals surface area contributed by atoms with Gasteiger partial charge in [0.05, 0.1) is 0 Å². The van der Waals surface area contributed by atoms with E-state index in [1.54, 1.807) is 7.11 Å². The molecule has 0 spiro atoms. The van der Waals surface area contributed by atoms with Crippen LogP contribution < -0.4 is 5.32 Å². The summed E-state index contributed by atoms with van der Waals surface area (Å²) in [4.78, 5) is 13.3. The largest absolute Gasteiger partial charge is 0.364 e. The summed E-state index contributed by atoms with van der Waals surface area (Å²) in [7, 11) is 1.57.